The highest BCUT2D eigenvalue weighted by molar-refractivity contribution is 7.99. The fraction of sp³-hybridized carbons (Fsp3) is 0.692. The number of nitrogens with one attached hydrogen (secondary N) is 1. The Labute approximate surface area is 113 Å². The summed E-state index contributed by atoms with van der Waals surface area (Å²) in [4.78, 5) is 16.1. The van der Waals surface area contributed by atoms with Gasteiger partial charge in [-0.1, -0.05) is 31.5 Å². The largest absolute Gasteiger partial charge is 0.352 e. The van der Waals surface area contributed by atoms with E-state index in [-0.39, 0.29) is 5.91 Å². The number of carbonyl (C=O) groups excluding carboxylic acids is 1. The molecular formula is C13H21N3OS. The minimum Gasteiger partial charge on any atom is -0.352 e. The van der Waals surface area contributed by atoms with E-state index in [0.717, 1.165) is 11.6 Å². The molecule has 0 spiro atoms. The molecule has 0 aliphatic heterocycles. The third-order valence-corrected chi connectivity index (χ3v) is 4.63. The second kappa shape index (κ2) is 6.27. The van der Waals surface area contributed by atoms with Crippen LogP contribution in [0.2, 0.25) is 0 Å². The Morgan fingerprint density at radius 2 is 2.33 bits per heavy atom. The summed E-state index contributed by atoms with van der Waals surface area (Å²) in [6, 6.07) is 0.369. The first-order valence-corrected chi connectivity index (χ1v) is 7.55. The highest BCUT2D eigenvalue weighted by atomic mass is 32.2. The van der Waals surface area contributed by atoms with E-state index < -0.39 is 0 Å². The summed E-state index contributed by atoms with van der Waals surface area (Å²) >= 11 is 1.49. The van der Waals surface area contributed by atoms with Crippen molar-refractivity contribution in [1.82, 2.24) is 14.9 Å². The monoisotopic (exact) mass is 267 g/mol. The van der Waals surface area contributed by atoms with E-state index in [0.29, 0.717) is 17.7 Å². The predicted molar refractivity (Wildman–Crippen MR) is 73.5 cm³/mol. The van der Waals surface area contributed by atoms with Crippen LogP contribution in [-0.2, 0) is 11.8 Å². The molecule has 100 valence electrons. The lowest BCUT2D eigenvalue weighted by Gasteiger charge is -2.29. The number of amides is 1. The minimum atomic E-state index is 0.127. The Bertz CT molecular complexity index is 405. The van der Waals surface area contributed by atoms with Crippen LogP contribution < -0.4 is 5.32 Å². The van der Waals surface area contributed by atoms with Gasteiger partial charge in [0.15, 0.2) is 5.16 Å². The molecule has 1 fully saturated rings. The van der Waals surface area contributed by atoms with Crippen molar-refractivity contribution in [2.24, 2.45) is 13.0 Å². The number of nitrogens with zero attached hydrogens (tertiary/aromatic N) is 2. The number of thioether (sulfide) groups is 1. The van der Waals surface area contributed by atoms with Crippen LogP contribution in [0, 0.1) is 5.92 Å². The molecule has 0 bridgehead atoms. The SMILES string of the molecule is CC1CCCCC1NC(=O)CSc1nccn1C. The zero-order chi connectivity index (χ0) is 13.0. The maximum Gasteiger partial charge on any atom is 0.230 e. The lowest BCUT2D eigenvalue weighted by molar-refractivity contribution is -0.119. The van der Waals surface area contributed by atoms with Crippen LogP contribution >= 0.6 is 11.8 Å². The van der Waals surface area contributed by atoms with E-state index in [1.54, 1.807) is 6.20 Å². The fourth-order valence-corrected chi connectivity index (χ4v) is 3.14. The molecule has 1 aromatic rings. The predicted octanol–water partition coefficient (Wildman–Crippen LogP) is 2.21. The molecule has 1 amide bonds. The van der Waals surface area contributed by atoms with Crippen LogP contribution in [0.3, 0.4) is 0 Å². The third kappa shape index (κ3) is 3.51. The zero-order valence-electron chi connectivity index (χ0n) is 11.1. The standard InChI is InChI=1S/C13H21N3OS/c1-10-5-3-4-6-11(10)15-12(17)9-18-13-14-7-8-16(13)2/h7-8,10-11H,3-6,9H2,1-2H3,(H,15,17). The molecule has 2 unspecified atom stereocenters. The average molecular weight is 267 g/mol. The number of imidazole rings is 1. The molecule has 2 atom stereocenters. The maximum atomic E-state index is 11.9. The van der Waals surface area contributed by atoms with Crippen molar-refractivity contribution in [3.63, 3.8) is 0 Å². The van der Waals surface area contributed by atoms with Gasteiger partial charge in [-0.05, 0) is 18.8 Å². The fourth-order valence-electron chi connectivity index (χ4n) is 2.40. The van der Waals surface area contributed by atoms with Gasteiger partial charge in [-0.15, -0.1) is 0 Å². The molecule has 1 saturated carbocycles. The Hall–Kier alpha value is -0.970. The molecule has 1 aliphatic carbocycles. The number of hydrogen-bond donors (Lipinski definition) is 1. The normalized spacial score (nSPS) is 23.9. The second-order valence-electron chi connectivity index (χ2n) is 5.05. The van der Waals surface area contributed by atoms with Crippen molar-refractivity contribution in [2.45, 2.75) is 43.8 Å². The Morgan fingerprint density at radius 3 is 3.00 bits per heavy atom. The van der Waals surface area contributed by atoms with Crippen molar-refractivity contribution in [3.8, 4) is 0 Å². The van der Waals surface area contributed by atoms with E-state index >= 15 is 0 Å². The van der Waals surface area contributed by atoms with Gasteiger partial charge in [-0.25, -0.2) is 4.98 Å². The number of aryl methyl sites for hydroxylation is 1. The van der Waals surface area contributed by atoms with Gasteiger partial charge >= 0.3 is 0 Å². The molecule has 0 aromatic carbocycles. The van der Waals surface area contributed by atoms with E-state index in [2.05, 4.69) is 17.2 Å². The molecular weight excluding hydrogens is 246 g/mol. The van der Waals surface area contributed by atoms with Gasteiger partial charge in [0.2, 0.25) is 5.91 Å². The molecule has 1 aromatic heterocycles. The Balaban J connectivity index is 1.76. The third-order valence-electron chi connectivity index (χ3n) is 3.57. The van der Waals surface area contributed by atoms with E-state index in [1.807, 2.05) is 17.8 Å². The first kappa shape index (κ1) is 13.5. The summed E-state index contributed by atoms with van der Waals surface area (Å²) in [5.74, 6) is 1.19. The smallest absolute Gasteiger partial charge is 0.230 e. The Kier molecular flexibility index (Phi) is 4.69. The topological polar surface area (TPSA) is 46.9 Å². The number of carbonyl (C=O) groups is 1. The second-order valence-corrected chi connectivity index (χ2v) is 5.99. The molecule has 1 N–H and O–H groups in total. The average Bonchev–Trinajstić information content (AvgIpc) is 2.75. The summed E-state index contributed by atoms with van der Waals surface area (Å²) in [7, 11) is 1.94. The van der Waals surface area contributed by atoms with Gasteiger partial charge in [0.1, 0.15) is 0 Å². The van der Waals surface area contributed by atoms with E-state index in [1.165, 1.54) is 31.0 Å². The summed E-state index contributed by atoms with van der Waals surface area (Å²) in [6.07, 6.45) is 8.54. The van der Waals surface area contributed by atoms with Gasteiger partial charge in [0.25, 0.3) is 0 Å². The van der Waals surface area contributed by atoms with Crippen LogP contribution in [0.25, 0.3) is 0 Å². The first-order chi connectivity index (χ1) is 8.66. The van der Waals surface area contributed by atoms with Crippen molar-refractivity contribution < 1.29 is 4.79 Å². The molecule has 2 rings (SSSR count). The van der Waals surface area contributed by atoms with Gasteiger partial charge in [0, 0.05) is 25.5 Å². The lowest BCUT2D eigenvalue weighted by atomic mass is 9.86. The van der Waals surface area contributed by atoms with Gasteiger partial charge in [-0.2, -0.15) is 0 Å². The molecule has 4 nitrogen and oxygen atoms in total. The zero-order valence-corrected chi connectivity index (χ0v) is 11.9. The van der Waals surface area contributed by atoms with Crippen molar-refractivity contribution >= 4 is 17.7 Å². The summed E-state index contributed by atoms with van der Waals surface area (Å²) in [5.41, 5.74) is 0. The lowest BCUT2D eigenvalue weighted by Crippen LogP contribution is -2.41. The van der Waals surface area contributed by atoms with Crippen LogP contribution in [0.1, 0.15) is 32.6 Å². The van der Waals surface area contributed by atoms with Crippen LogP contribution in [-0.4, -0.2) is 27.3 Å². The molecule has 1 aliphatic rings. The molecule has 0 saturated heterocycles. The van der Waals surface area contributed by atoms with Crippen molar-refractivity contribution in [1.29, 1.82) is 0 Å². The van der Waals surface area contributed by atoms with E-state index in [4.69, 9.17) is 0 Å². The summed E-state index contributed by atoms with van der Waals surface area (Å²) in [6.45, 7) is 2.23. The minimum absolute atomic E-state index is 0.127. The molecule has 1 heterocycles. The van der Waals surface area contributed by atoms with Crippen molar-refractivity contribution in [2.75, 3.05) is 5.75 Å². The van der Waals surface area contributed by atoms with Crippen LogP contribution in [0.5, 0.6) is 0 Å². The quantitative estimate of drug-likeness (QED) is 0.851. The van der Waals surface area contributed by atoms with Gasteiger partial charge < -0.3 is 9.88 Å². The summed E-state index contributed by atoms with van der Waals surface area (Å²) in [5, 5.41) is 4.04. The first-order valence-electron chi connectivity index (χ1n) is 6.56. The highest BCUT2D eigenvalue weighted by Crippen LogP contribution is 2.24. The van der Waals surface area contributed by atoms with Gasteiger partial charge in [0.05, 0.1) is 5.75 Å². The highest BCUT2D eigenvalue weighted by Gasteiger charge is 2.22. The molecule has 5 heteroatoms. The van der Waals surface area contributed by atoms with E-state index in [9.17, 15) is 4.79 Å². The molecule has 0 radical (unpaired) electrons. The molecule has 18 heavy (non-hydrogen) atoms. The van der Waals surface area contributed by atoms with Gasteiger partial charge in [-0.3, -0.25) is 4.79 Å². The Morgan fingerprint density at radius 1 is 1.56 bits per heavy atom. The number of rotatable bonds is 4. The summed E-state index contributed by atoms with van der Waals surface area (Å²) < 4.78 is 1.93. The van der Waals surface area contributed by atoms with Crippen molar-refractivity contribution in [3.05, 3.63) is 12.4 Å². The number of hydrogen-bond acceptors (Lipinski definition) is 3. The number of aromatic nitrogens is 2. The van der Waals surface area contributed by atoms with Crippen LogP contribution in [0.4, 0.5) is 0 Å². The maximum absolute atomic E-state index is 11.9. The van der Waals surface area contributed by atoms with Crippen LogP contribution in [0.15, 0.2) is 17.6 Å².